The number of aryl methyl sites for hydroxylation is 1. The Bertz CT molecular complexity index is 589. The van der Waals surface area contributed by atoms with Crippen molar-refractivity contribution in [3.8, 4) is 5.75 Å². The second kappa shape index (κ2) is 4.64. The first kappa shape index (κ1) is 14.2. The van der Waals surface area contributed by atoms with Gasteiger partial charge in [-0.3, -0.25) is 9.78 Å². The minimum absolute atomic E-state index is 0.124. The zero-order chi connectivity index (χ0) is 15.4. The molecule has 0 unspecified atom stereocenters. The van der Waals surface area contributed by atoms with E-state index in [0.717, 1.165) is 16.9 Å². The molecule has 1 amide bonds. The van der Waals surface area contributed by atoms with E-state index in [4.69, 9.17) is 4.74 Å². The lowest BCUT2D eigenvalue weighted by atomic mass is 9.91. The van der Waals surface area contributed by atoms with E-state index in [1.165, 1.54) is 18.7 Å². The first-order valence-electron chi connectivity index (χ1n) is 7.02. The van der Waals surface area contributed by atoms with Crippen LogP contribution in [0.5, 0.6) is 5.75 Å². The molecule has 1 aromatic heterocycles. The largest absolute Gasteiger partial charge is 0.488 e. The van der Waals surface area contributed by atoms with E-state index in [2.05, 4.69) is 4.98 Å². The molecule has 3 rings (SSSR count). The molecule has 0 N–H and O–H groups in total. The minimum atomic E-state index is -2.69. The summed E-state index contributed by atoms with van der Waals surface area (Å²) in [5, 5.41) is 0. The smallest absolute Gasteiger partial charge is 0.252 e. The lowest BCUT2D eigenvalue weighted by Crippen LogP contribution is -2.44. The second-order valence-electron chi connectivity index (χ2n) is 6.35. The first-order chi connectivity index (χ1) is 9.82. The SMILES string of the molecule is Cc1cncc2c1O[C@H]1C[C@@H]2N(C(=O)C(C)(C)C(F)F)C1. The van der Waals surface area contributed by atoms with Crippen LogP contribution in [0.3, 0.4) is 0 Å². The van der Waals surface area contributed by atoms with E-state index in [1.54, 1.807) is 12.4 Å². The lowest BCUT2D eigenvalue weighted by Gasteiger charge is -2.32. The van der Waals surface area contributed by atoms with Crippen LogP contribution < -0.4 is 4.74 Å². The number of rotatable bonds is 2. The van der Waals surface area contributed by atoms with Crippen molar-refractivity contribution in [3.63, 3.8) is 0 Å². The number of carbonyl (C=O) groups excluding carboxylic acids is 1. The van der Waals surface area contributed by atoms with Gasteiger partial charge in [0, 0.05) is 29.9 Å². The van der Waals surface area contributed by atoms with Crippen molar-refractivity contribution in [2.75, 3.05) is 6.54 Å². The van der Waals surface area contributed by atoms with Gasteiger partial charge in [-0.2, -0.15) is 0 Å². The fraction of sp³-hybridized carbons (Fsp3) is 0.600. The Hall–Kier alpha value is -1.72. The molecule has 0 aromatic carbocycles. The van der Waals surface area contributed by atoms with Crippen molar-refractivity contribution in [1.82, 2.24) is 9.88 Å². The molecule has 2 aliphatic heterocycles. The van der Waals surface area contributed by atoms with Crippen LogP contribution in [0.4, 0.5) is 8.78 Å². The summed E-state index contributed by atoms with van der Waals surface area (Å²) < 4.78 is 32.1. The molecule has 114 valence electrons. The van der Waals surface area contributed by atoms with Gasteiger partial charge in [0.2, 0.25) is 5.91 Å². The van der Waals surface area contributed by atoms with Gasteiger partial charge in [-0.05, 0) is 20.8 Å². The Morgan fingerprint density at radius 1 is 1.48 bits per heavy atom. The van der Waals surface area contributed by atoms with Crippen molar-refractivity contribution in [2.45, 2.75) is 45.8 Å². The van der Waals surface area contributed by atoms with Gasteiger partial charge in [-0.1, -0.05) is 0 Å². The van der Waals surface area contributed by atoms with Crippen LogP contribution in [-0.4, -0.2) is 34.9 Å². The average molecular weight is 296 g/mol. The summed E-state index contributed by atoms with van der Waals surface area (Å²) in [5.41, 5.74) is 0.0429. The Kier molecular flexibility index (Phi) is 3.15. The maximum atomic E-state index is 13.1. The summed E-state index contributed by atoms with van der Waals surface area (Å²) >= 11 is 0. The topological polar surface area (TPSA) is 42.4 Å². The summed E-state index contributed by atoms with van der Waals surface area (Å²) in [6.45, 7) is 4.83. The fourth-order valence-corrected chi connectivity index (χ4v) is 3.00. The lowest BCUT2D eigenvalue weighted by molar-refractivity contribution is -0.149. The molecule has 0 radical (unpaired) electrons. The van der Waals surface area contributed by atoms with Crippen LogP contribution in [0.1, 0.15) is 37.4 Å². The molecule has 0 spiro atoms. The number of pyridine rings is 1. The predicted octanol–water partition coefficient (Wildman–Crippen LogP) is 2.72. The van der Waals surface area contributed by atoms with E-state index >= 15 is 0 Å². The molecule has 3 heterocycles. The van der Waals surface area contributed by atoms with Gasteiger partial charge >= 0.3 is 0 Å². The van der Waals surface area contributed by atoms with Crippen LogP contribution in [0, 0.1) is 12.3 Å². The van der Waals surface area contributed by atoms with Crippen molar-refractivity contribution in [3.05, 3.63) is 23.5 Å². The fourth-order valence-electron chi connectivity index (χ4n) is 3.00. The van der Waals surface area contributed by atoms with Gasteiger partial charge in [-0.15, -0.1) is 0 Å². The number of fused-ring (bicyclic) bond motifs is 4. The third-order valence-electron chi connectivity index (χ3n) is 4.37. The van der Waals surface area contributed by atoms with E-state index in [0.29, 0.717) is 13.0 Å². The zero-order valence-electron chi connectivity index (χ0n) is 12.3. The number of nitrogens with zero attached hydrogens (tertiary/aromatic N) is 2. The molecule has 21 heavy (non-hydrogen) atoms. The maximum absolute atomic E-state index is 13.1. The third kappa shape index (κ3) is 2.08. The van der Waals surface area contributed by atoms with Gasteiger partial charge in [0.15, 0.2) is 0 Å². The minimum Gasteiger partial charge on any atom is -0.488 e. The van der Waals surface area contributed by atoms with Gasteiger partial charge in [0.05, 0.1) is 12.6 Å². The molecule has 0 saturated carbocycles. The summed E-state index contributed by atoms with van der Waals surface area (Å²) in [5.74, 6) is 0.222. The maximum Gasteiger partial charge on any atom is 0.252 e. The summed E-state index contributed by atoms with van der Waals surface area (Å²) in [6, 6.07) is -0.211. The van der Waals surface area contributed by atoms with Crippen LogP contribution >= 0.6 is 0 Å². The molecule has 4 nitrogen and oxygen atoms in total. The Labute approximate surface area is 122 Å². The van der Waals surface area contributed by atoms with Gasteiger partial charge in [-0.25, -0.2) is 8.78 Å². The van der Waals surface area contributed by atoms with Crippen molar-refractivity contribution < 1.29 is 18.3 Å². The highest BCUT2D eigenvalue weighted by Crippen LogP contribution is 2.46. The Morgan fingerprint density at radius 3 is 2.86 bits per heavy atom. The molecule has 1 aromatic rings. The quantitative estimate of drug-likeness (QED) is 0.842. The zero-order valence-corrected chi connectivity index (χ0v) is 12.3. The van der Waals surface area contributed by atoms with Gasteiger partial charge in [0.1, 0.15) is 17.3 Å². The van der Waals surface area contributed by atoms with E-state index in [-0.39, 0.29) is 12.1 Å². The Morgan fingerprint density at radius 2 is 2.19 bits per heavy atom. The standard InChI is InChI=1S/C15H18F2N2O2/c1-8-5-18-6-10-11-4-9(21-12(8)10)7-19(11)14(20)15(2,3)13(16)17/h5-6,9,11,13H,4,7H2,1-3H3/t9-,11-/m0/s1. The van der Waals surface area contributed by atoms with Crippen LogP contribution in [0.2, 0.25) is 0 Å². The van der Waals surface area contributed by atoms with Gasteiger partial charge < -0.3 is 9.64 Å². The molecule has 1 fully saturated rings. The predicted molar refractivity (Wildman–Crippen MR) is 72.2 cm³/mol. The number of alkyl halides is 2. The van der Waals surface area contributed by atoms with E-state index in [9.17, 15) is 13.6 Å². The number of halogens is 2. The monoisotopic (exact) mass is 296 g/mol. The van der Waals surface area contributed by atoms with Crippen molar-refractivity contribution in [1.29, 1.82) is 0 Å². The molecule has 2 bridgehead atoms. The van der Waals surface area contributed by atoms with Crippen LogP contribution in [0.15, 0.2) is 12.4 Å². The number of ether oxygens (including phenoxy) is 1. The number of likely N-dealkylation sites (tertiary alicyclic amines) is 1. The molecule has 6 heteroatoms. The molecular weight excluding hydrogens is 278 g/mol. The van der Waals surface area contributed by atoms with Crippen LogP contribution in [0.25, 0.3) is 0 Å². The highest BCUT2D eigenvalue weighted by molar-refractivity contribution is 5.83. The molecule has 2 aliphatic rings. The van der Waals surface area contributed by atoms with E-state index in [1.807, 2.05) is 6.92 Å². The number of aromatic nitrogens is 1. The Balaban J connectivity index is 1.96. The molecule has 1 saturated heterocycles. The first-order valence-corrected chi connectivity index (χ1v) is 7.02. The number of carbonyl (C=O) groups is 1. The van der Waals surface area contributed by atoms with Crippen molar-refractivity contribution >= 4 is 5.91 Å². The molecule has 2 atom stereocenters. The molecular formula is C15H18F2N2O2. The summed E-state index contributed by atoms with van der Waals surface area (Å²) in [7, 11) is 0. The molecule has 0 aliphatic carbocycles. The number of amides is 1. The second-order valence-corrected chi connectivity index (χ2v) is 6.35. The normalized spacial score (nSPS) is 24.0. The number of hydrogen-bond donors (Lipinski definition) is 0. The van der Waals surface area contributed by atoms with Crippen molar-refractivity contribution in [2.24, 2.45) is 5.41 Å². The van der Waals surface area contributed by atoms with E-state index < -0.39 is 17.7 Å². The highest BCUT2D eigenvalue weighted by Gasteiger charge is 2.49. The van der Waals surface area contributed by atoms with Gasteiger partial charge in [0.25, 0.3) is 6.43 Å². The average Bonchev–Trinajstić information content (AvgIpc) is 2.77. The summed E-state index contributed by atoms with van der Waals surface area (Å²) in [4.78, 5) is 18.2. The summed E-state index contributed by atoms with van der Waals surface area (Å²) in [6.07, 6.45) is 1.20. The number of hydrogen-bond acceptors (Lipinski definition) is 3. The van der Waals surface area contributed by atoms with Crippen LogP contribution in [-0.2, 0) is 4.79 Å². The third-order valence-corrected chi connectivity index (χ3v) is 4.37. The highest BCUT2D eigenvalue weighted by atomic mass is 19.3.